The van der Waals surface area contributed by atoms with Crippen LogP contribution >= 0.6 is 0 Å². The molecule has 0 aromatic carbocycles. The highest BCUT2D eigenvalue weighted by Crippen LogP contribution is 2.03. The molecule has 120 valence electrons. The molecular formula is C15H30N6. The molecule has 0 radical (unpaired) electrons. The van der Waals surface area contributed by atoms with E-state index in [2.05, 4.69) is 53.3 Å². The second-order valence-corrected chi connectivity index (χ2v) is 5.80. The van der Waals surface area contributed by atoms with Gasteiger partial charge in [-0.05, 0) is 27.7 Å². The molecule has 1 aromatic heterocycles. The third-order valence-electron chi connectivity index (χ3n) is 3.43. The number of aliphatic imine (C=N–C) groups is 1. The number of rotatable bonds is 7. The first-order valence-electron chi connectivity index (χ1n) is 7.61. The van der Waals surface area contributed by atoms with Crippen LogP contribution in [0.5, 0.6) is 0 Å². The Morgan fingerprint density at radius 2 is 1.95 bits per heavy atom. The van der Waals surface area contributed by atoms with E-state index in [1.54, 1.807) is 11.7 Å². The number of aromatic nitrogens is 2. The summed E-state index contributed by atoms with van der Waals surface area (Å²) in [5.41, 5.74) is 1.14. The number of aryl methyl sites for hydroxylation is 1. The lowest BCUT2D eigenvalue weighted by Gasteiger charge is -2.30. The summed E-state index contributed by atoms with van der Waals surface area (Å²) in [4.78, 5) is 6.70. The van der Waals surface area contributed by atoms with Crippen molar-refractivity contribution in [2.45, 2.75) is 46.3 Å². The van der Waals surface area contributed by atoms with E-state index in [1.807, 2.05) is 19.4 Å². The maximum atomic E-state index is 4.25. The SMILES string of the molecule is CN=C(NCCN(C(C)C)C(C)C)NCc1cnn(C)c1. The van der Waals surface area contributed by atoms with Crippen molar-refractivity contribution in [1.29, 1.82) is 0 Å². The molecular weight excluding hydrogens is 264 g/mol. The second-order valence-electron chi connectivity index (χ2n) is 5.80. The number of hydrogen-bond acceptors (Lipinski definition) is 3. The van der Waals surface area contributed by atoms with Crippen LogP contribution in [0.4, 0.5) is 0 Å². The van der Waals surface area contributed by atoms with Crippen molar-refractivity contribution >= 4 is 5.96 Å². The van der Waals surface area contributed by atoms with E-state index >= 15 is 0 Å². The van der Waals surface area contributed by atoms with Gasteiger partial charge in [0.1, 0.15) is 0 Å². The lowest BCUT2D eigenvalue weighted by Crippen LogP contribution is -2.45. The van der Waals surface area contributed by atoms with E-state index in [9.17, 15) is 0 Å². The van der Waals surface area contributed by atoms with E-state index in [-0.39, 0.29) is 0 Å². The molecule has 21 heavy (non-hydrogen) atoms. The molecule has 0 aliphatic heterocycles. The fourth-order valence-electron chi connectivity index (χ4n) is 2.39. The average Bonchev–Trinajstić information content (AvgIpc) is 2.82. The lowest BCUT2D eigenvalue weighted by molar-refractivity contribution is 0.178. The fourth-order valence-corrected chi connectivity index (χ4v) is 2.39. The highest BCUT2D eigenvalue weighted by atomic mass is 15.2. The normalized spacial score (nSPS) is 12.5. The molecule has 0 fully saturated rings. The smallest absolute Gasteiger partial charge is 0.191 e. The molecule has 0 atom stereocenters. The maximum Gasteiger partial charge on any atom is 0.191 e. The monoisotopic (exact) mass is 294 g/mol. The Labute approximate surface area is 128 Å². The Kier molecular flexibility index (Phi) is 7.22. The zero-order valence-electron chi connectivity index (χ0n) is 14.2. The Bertz CT molecular complexity index is 427. The summed E-state index contributed by atoms with van der Waals surface area (Å²) >= 11 is 0. The van der Waals surface area contributed by atoms with Crippen molar-refractivity contribution in [3.05, 3.63) is 18.0 Å². The first-order chi connectivity index (χ1) is 9.93. The van der Waals surface area contributed by atoms with Crippen LogP contribution in [0.2, 0.25) is 0 Å². The Morgan fingerprint density at radius 3 is 2.43 bits per heavy atom. The molecule has 0 unspecified atom stereocenters. The van der Waals surface area contributed by atoms with E-state index in [0.29, 0.717) is 12.1 Å². The third-order valence-corrected chi connectivity index (χ3v) is 3.43. The van der Waals surface area contributed by atoms with Crippen LogP contribution in [0.25, 0.3) is 0 Å². The lowest BCUT2D eigenvalue weighted by atomic mass is 10.2. The zero-order chi connectivity index (χ0) is 15.8. The largest absolute Gasteiger partial charge is 0.355 e. The molecule has 0 aliphatic carbocycles. The van der Waals surface area contributed by atoms with E-state index in [0.717, 1.165) is 31.2 Å². The molecule has 1 rings (SSSR count). The van der Waals surface area contributed by atoms with Crippen molar-refractivity contribution < 1.29 is 0 Å². The summed E-state index contributed by atoms with van der Waals surface area (Å²) in [5, 5.41) is 10.8. The number of hydrogen-bond donors (Lipinski definition) is 2. The quantitative estimate of drug-likeness (QED) is 0.586. The van der Waals surface area contributed by atoms with Gasteiger partial charge >= 0.3 is 0 Å². The van der Waals surface area contributed by atoms with Crippen molar-refractivity contribution in [3.63, 3.8) is 0 Å². The molecule has 0 saturated heterocycles. The van der Waals surface area contributed by atoms with Gasteiger partial charge in [-0.3, -0.25) is 14.6 Å². The predicted molar refractivity (Wildman–Crippen MR) is 88.4 cm³/mol. The van der Waals surface area contributed by atoms with Crippen LogP contribution in [0, 0.1) is 0 Å². The molecule has 0 bridgehead atoms. The molecule has 0 saturated carbocycles. The van der Waals surface area contributed by atoms with Gasteiger partial charge in [0.2, 0.25) is 0 Å². The molecule has 6 nitrogen and oxygen atoms in total. The van der Waals surface area contributed by atoms with E-state index in [4.69, 9.17) is 0 Å². The van der Waals surface area contributed by atoms with Crippen LogP contribution in [0.15, 0.2) is 17.4 Å². The number of guanidine groups is 1. The van der Waals surface area contributed by atoms with Crippen molar-refractivity contribution in [1.82, 2.24) is 25.3 Å². The fraction of sp³-hybridized carbons (Fsp3) is 0.733. The highest BCUT2D eigenvalue weighted by Gasteiger charge is 2.12. The standard InChI is InChI=1S/C15H30N6/c1-12(2)21(13(3)4)8-7-17-15(16-5)18-9-14-10-19-20(6)11-14/h10-13H,7-9H2,1-6H3,(H2,16,17,18). The molecule has 1 heterocycles. The van der Waals surface area contributed by atoms with Crippen LogP contribution in [0.3, 0.4) is 0 Å². The van der Waals surface area contributed by atoms with Gasteiger partial charge < -0.3 is 10.6 Å². The zero-order valence-corrected chi connectivity index (χ0v) is 14.2. The molecule has 0 amide bonds. The van der Waals surface area contributed by atoms with Gasteiger partial charge in [0.15, 0.2) is 5.96 Å². The summed E-state index contributed by atoms with van der Waals surface area (Å²) in [6.07, 6.45) is 3.86. The molecule has 0 spiro atoms. The number of nitrogens with one attached hydrogen (secondary N) is 2. The maximum absolute atomic E-state index is 4.25. The van der Waals surface area contributed by atoms with Gasteiger partial charge in [-0.25, -0.2) is 0 Å². The van der Waals surface area contributed by atoms with Crippen LogP contribution in [-0.4, -0.2) is 52.9 Å². The topological polar surface area (TPSA) is 57.5 Å². The van der Waals surface area contributed by atoms with Crippen LogP contribution < -0.4 is 10.6 Å². The first-order valence-corrected chi connectivity index (χ1v) is 7.61. The molecule has 6 heteroatoms. The van der Waals surface area contributed by atoms with Crippen molar-refractivity contribution in [3.8, 4) is 0 Å². The summed E-state index contributed by atoms with van der Waals surface area (Å²) in [5.74, 6) is 0.825. The average molecular weight is 294 g/mol. The molecule has 2 N–H and O–H groups in total. The minimum Gasteiger partial charge on any atom is -0.355 e. The third kappa shape index (κ3) is 6.16. The van der Waals surface area contributed by atoms with Gasteiger partial charge in [-0.1, -0.05) is 0 Å². The van der Waals surface area contributed by atoms with E-state index < -0.39 is 0 Å². The Hall–Kier alpha value is -1.56. The summed E-state index contributed by atoms with van der Waals surface area (Å²) < 4.78 is 1.80. The summed E-state index contributed by atoms with van der Waals surface area (Å²) in [6.45, 7) is 11.5. The minimum atomic E-state index is 0.553. The van der Waals surface area contributed by atoms with Gasteiger partial charge in [0.25, 0.3) is 0 Å². The highest BCUT2D eigenvalue weighted by molar-refractivity contribution is 5.79. The van der Waals surface area contributed by atoms with Gasteiger partial charge in [0.05, 0.1) is 6.20 Å². The van der Waals surface area contributed by atoms with Gasteiger partial charge in [-0.2, -0.15) is 5.10 Å². The van der Waals surface area contributed by atoms with Crippen molar-refractivity contribution in [2.75, 3.05) is 20.1 Å². The minimum absolute atomic E-state index is 0.553. The van der Waals surface area contributed by atoms with Gasteiger partial charge in [0, 0.05) is 57.6 Å². The van der Waals surface area contributed by atoms with Crippen LogP contribution in [0.1, 0.15) is 33.3 Å². The Morgan fingerprint density at radius 1 is 1.29 bits per heavy atom. The van der Waals surface area contributed by atoms with Crippen molar-refractivity contribution in [2.24, 2.45) is 12.0 Å². The second kappa shape index (κ2) is 8.67. The van der Waals surface area contributed by atoms with Crippen LogP contribution in [-0.2, 0) is 13.6 Å². The predicted octanol–water partition coefficient (Wildman–Crippen LogP) is 1.20. The first kappa shape index (κ1) is 17.5. The van der Waals surface area contributed by atoms with E-state index in [1.165, 1.54) is 0 Å². The number of nitrogens with zero attached hydrogens (tertiary/aromatic N) is 4. The molecule has 1 aromatic rings. The summed E-state index contributed by atoms with van der Waals surface area (Å²) in [6, 6.07) is 1.11. The Balaban J connectivity index is 2.34. The van der Waals surface area contributed by atoms with Gasteiger partial charge in [-0.15, -0.1) is 0 Å². The summed E-state index contributed by atoms with van der Waals surface area (Å²) in [7, 11) is 3.71. The molecule has 0 aliphatic rings.